The molecule has 1 aliphatic heterocycles. The van der Waals surface area contributed by atoms with E-state index in [2.05, 4.69) is 10.6 Å². The highest BCUT2D eigenvalue weighted by Gasteiger charge is 2.31. The van der Waals surface area contributed by atoms with Crippen LogP contribution in [0.15, 0.2) is 64.9 Å². The van der Waals surface area contributed by atoms with Crippen LogP contribution >= 0.6 is 11.3 Å². The van der Waals surface area contributed by atoms with Crippen LogP contribution in [0.3, 0.4) is 0 Å². The Balaban J connectivity index is 1.40. The molecule has 2 N–H and O–H groups in total. The van der Waals surface area contributed by atoms with Crippen LogP contribution in [0.2, 0.25) is 0 Å². The van der Waals surface area contributed by atoms with Crippen LogP contribution in [0, 0.1) is 6.92 Å². The zero-order chi connectivity index (χ0) is 23.4. The summed E-state index contributed by atoms with van der Waals surface area (Å²) in [6, 6.07) is 15.2. The average molecular weight is 487 g/mol. The molecule has 1 aliphatic rings. The molecule has 2 amide bonds. The van der Waals surface area contributed by atoms with E-state index >= 15 is 0 Å². The molecule has 2 heterocycles. The molecule has 4 rings (SSSR count). The summed E-state index contributed by atoms with van der Waals surface area (Å²) in [4.78, 5) is 25.4. The second kappa shape index (κ2) is 9.63. The zero-order valence-corrected chi connectivity index (χ0v) is 19.4. The fourth-order valence-corrected chi connectivity index (χ4v) is 6.09. The molecule has 0 unspecified atom stereocenters. The third kappa shape index (κ3) is 5.18. The number of amides is 2. The summed E-state index contributed by atoms with van der Waals surface area (Å²) < 4.78 is 37.1. The first-order valence-electron chi connectivity index (χ1n) is 10.1. The van der Waals surface area contributed by atoms with E-state index in [9.17, 15) is 18.0 Å². The summed E-state index contributed by atoms with van der Waals surface area (Å²) in [6.07, 6.45) is 0. The van der Waals surface area contributed by atoms with E-state index < -0.39 is 26.9 Å². The Bertz CT molecular complexity index is 1250. The smallest absolute Gasteiger partial charge is 0.309 e. The molecule has 0 spiro atoms. The molecule has 172 valence electrons. The minimum absolute atomic E-state index is 0.110. The number of carbonyl (C=O) groups is 2. The van der Waals surface area contributed by atoms with Crippen molar-refractivity contribution >= 4 is 33.0 Å². The Morgan fingerprint density at radius 3 is 2.45 bits per heavy atom. The first-order chi connectivity index (χ1) is 15.8. The van der Waals surface area contributed by atoms with E-state index in [1.807, 2.05) is 6.92 Å². The molecular formula is C23H22N2O6S2. The van der Waals surface area contributed by atoms with E-state index in [-0.39, 0.29) is 24.8 Å². The average Bonchev–Trinajstić information content (AvgIpc) is 3.49. The van der Waals surface area contributed by atoms with Crippen LogP contribution in [0.25, 0.3) is 0 Å². The van der Waals surface area contributed by atoms with Gasteiger partial charge < -0.3 is 20.1 Å². The van der Waals surface area contributed by atoms with Crippen LogP contribution in [-0.4, -0.2) is 33.6 Å². The van der Waals surface area contributed by atoms with Crippen molar-refractivity contribution in [2.45, 2.75) is 23.6 Å². The van der Waals surface area contributed by atoms with Crippen LogP contribution < -0.4 is 20.1 Å². The highest BCUT2D eigenvalue weighted by Crippen LogP contribution is 2.33. The zero-order valence-electron chi connectivity index (χ0n) is 17.7. The largest absolute Gasteiger partial charge is 0.454 e. The number of fused-ring (bicyclic) bond motifs is 1. The van der Waals surface area contributed by atoms with Crippen molar-refractivity contribution in [3.63, 3.8) is 0 Å². The number of aryl methyl sites for hydroxylation is 1. The number of hydrogen-bond acceptors (Lipinski definition) is 7. The maximum absolute atomic E-state index is 13.3. The summed E-state index contributed by atoms with van der Waals surface area (Å²) in [5.41, 5.74) is 1.67. The van der Waals surface area contributed by atoms with Crippen molar-refractivity contribution in [2.24, 2.45) is 0 Å². The fraction of sp³-hybridized carbons (Fsp3) is 0.217. The van der Waals surface area contributed by atoms with E-state index in [4.69, 9.17) is 9.47 Å². The number of ether oxygens (including phenoxy) is 2. The maximum atomic E-state index is 13.3. The van der Waals surface area contributed by atoms with Gasteiger partial charge >= 0.3 is 11.8 Å². The lowest BCUT2D eigenvalue weighted by Gasteiger charge is -2.17. The second-order valence-corrected chi connectivity index (χ2v) is 10.6. The second-order valence-electron chi connectivity index (χ2n) is 7.44. The van der Waals surface area contributed by atoms with Crippen molar-refractivity contribution in [2.75, 3.05) is 13.3 Å². The van der Waals surface area contributed by atoms with Crippen molar-refractivity contribution < 1.29 is 27.5 Å². The summed E-state index contributed by atoms with van der Waals surface area (Å²) in [5.74, 6) is -0.565. The summed E-state index contributed by atoms with van der Waals surface area (Å²) in [7, 11) is -3.79. The Hall–Kier alpha value is -3.37. The Morgan fingerprint density at radius 2 is 1.73 bits per heavy atom. The third-order valence-electron chi connectivity index (χ3n) is 5.13. The monoisotopic (exact) mass is 486 g/mol. The molecule has 0 saturated carbocycles. The highest BCUT2D eigenvalue weighted by atomic mass is 32.2. The van der Waals surface area contributed by atoms with E-state index in [1.54, 1.807) is 60.0 Å². The van der Waals surface area contributed by atoms with E-state index in [1.165, 1.54) is 11.3 Å². The van der Waals surface area contributed by atoms with Gasteiger partial charge in [-0.2, -0.15) is 0 Å². The third-order valence-corrected chi connectivity index (χ3v) is 8.36. The van der Waals surface area contributed by atoms with Gasteiger partial charge in [-0.15, -0.1) is 11.3 Å². The fourth-order valence-electron chi connectivity index (χ4n) is 3.31. The van der Waals surface area contributed by atoms with Gasteiger partial charge in [0, 0.05) is 18.0 Å². The molecule has 33 heavy (non-hydrogen) atoms. The topological polar surface area (TPSA) is 111 Å². The maximum Gasteiger partial charge on any atom is 0.309 e. The van der Waals surface area contributed by atoms with Crippen LogP contribution in [0.1, 0.15) is 21.3 Å². The molecule has 0 bridgehead atoms. The van der Waals surface area contributed by atoms with Gasteiger partial charge in [0.25, 0.3) is 0 Å². The Kier molecular flexibility index (Phi) is 6.66. The van der Waals surface area contributed by atoms with Gasteiger partial charge in [0.05, 0.1) is 4.90 Å². The van der Waals surface area contributed by atoms with Crippen molar-refractivity contribution in [1.29, 1.82) is 0 Å². The number of thiophene rings is 1. The molecule has 0 radical (unpaired) electrons. The highest BCUT2D eigenvalue weighted by molar-refractivity contribution is 7.91. The van der Waals surface area contributed by atoms with Gasteiger partial charge in [-0.25, -0.2) is 8.42 Å². The molecule has 0 aliphatic carbocycles. The summed E-state index contributed by atoms with van der Waals surface area (Å²) in [6.45, 7) is 1.89. The number of benzene rings is 2. The standard InChI is InChI=1S/C23H22N2O6S2/c1-15-4-7-17(8-5-15)33(28,29)21(20-3-2-10-32-20)13-25-23(27)22(26)24-12-16-6-9-18-19(11-16)31-14-30-18/h2-11,21H,12-14H2,1H3,(H,24,26)(H,25,27)/t21-/m0/s1. The Morgan fingerprint density at radius 1 is 1.00 bits per heavy atom. The minimum atomic E-state index is -3.79. The van der Waals surface area contributed by atoms with E-state index in [0.29, 0.717) is 16.4 Å². The van der Waals surface area contributed by atoms with Crippen LogP contribution in [0.5, 0.6) is 11.5 Å². The lowest BCUT2D eigenvalue weighted by Crippen LogP contribution is -2.42. The van der Waals surface area contributed by atoms with Crippen molar-refractivity contribution in [3.8, 4) is 11.5 Å². The predicted molar refractivity (Wildman–Crippen MR) is 123 cm³/mol. The number of hydrogen-bond donors (Lipinski definition) is 2. The summed E-state index contributed by atoms with van der Waals surface area (Å²) >= 11 is 1.28. The predicted octanol–water partition coefficient (Wildman–Crippen LogP) is 2.73. The molecule has 3 aromatic rings. The molecular weight excluding hydrogens is 464 g/mol. The number of rotatable bonds is 7. The lowest BCUT2D eigenvalue weighted by molar-refractivity contribution is -0.139. The number of carbonyl (C=O) groups excluding carboxylic acids is 2. The number of sulfone groups is 1. The molecule has 1 atom stereocenters. The molecule has 0 saturated heterocycles. The molecule has 0 fully saturated rings. The van der Waals surface area contributed by atoms with E-state index in [0.717, 1.165) is 11.1 Å². The van der Waals surface area contributed by atoms with Crippen molar-refractivity contribution in [3.05, 3.63) is 76.0 Å². The Labute approximate surface area is 195 Å². The van der Waals surface area contributed by atoms with Gasteiger partial charge in [-0.3, -0.25) is 9.59 Å². The van der Waals surface area contributed by atoms with Crippen LogP contribution in [-0.2, 0) is 26.0 Å². The molecule has 2 aromatic carbocycles. The van der Waals surface area contributed by atoms with Crippen molar-refractivity contribution in [1.82, 2.24) is 10.6 Å². The molecule has 8 nitrogen and oxygen atoms in total. The van der Waals surface area contributed by atoms with Gasteiger partial charge in [0.15, 0.2) is 21.3 Å². The van der Waals surface area contributed by atoms with Crippen LogP contribution in [0.4, 0.5) is 0 Å². The molecule has 10 heteroatoms. The normalized spacial score (nSPS) is 13.4. The first-order valence-corrected chi connectivity index (χ1v) is 12.6. The molecule has 1 aromatic heterocycles. The van der Waals surface area contributed by atoms with Gasteiger partial charge in [0.1, 0.15) is 5.25 Å². The SMILES string of the molecule is Cc1ccc(S(=O)(=O)[C@@H](CNC(=O)C(=O)NCc2ccc3c(c2)OCO3)c2cccs2)cc1. The van der Waals surface area contributed by atoms with Gasteiger partial charge in [-0.1, -0.05) is 29.8 Å². The van der Waals surface area contributed by atoms with Gasteiger partial charge in [0.2, 0.25) is 6.79 Å². The summed E-state index contributed by atoms with van der Waals surface area (Å²) in [5, 5.41) is 5.76. The quantitative estimate of drug-likeness (QED) is 0.497. The number of nitrogens with one attached hydrogen (secondary N) is 2. The first kappa shape index (κ1) is 22.8. The lowest BCUT2D eigenvalue weighted by atomic mass is 10.2. The minimum Gasteiger partial charge on any atom is -0.454 e. The van der Waals surface area contributed by atoms with Gasteiger partial charge in [-0.05, 0) is 48.2 Å².